The van der Waals surface area contributed by atoms with Crippen LogP contribution in [0.4, 0.5) is 0 Å². The Labute approximate surface area is 235 Å². The standard InChI is InChI=1S/C30H37Cl2N3O3/c1-20(36)7-13-27(29(37)14-10-22-9-12-25(31)26(32)17-22)34-16-15-24(11-8-21-5-3-2-4-6-21)35-19-23(33)18-28(35)30(34)38/h2-6,9,12,17,23-24,27-28H,7-8,10-11,13-16,18-19,33H2,1H3/t23-,24-,27-,28+/m1/s1. The SMILES string of the molecule is CC(=O)CC[C@H](C(=O)CCc1ccc(Cl)c(Cl)c1)N1CC[C@@H](CCc2ccccc2)N2C[C@H](N)C[C@H]2C1=O. The van der Waals surface area contributed by atoms with Crippen molar-refractivity contribution in [2.24, 2.45) is 5.73 Å². The normalized spacial score (nSPS) is 22.7. The van der Waals surface area contributed by atoms with Crippen LogP contribution < -0.4 is 5.73 Å². The molecule has 0 aliphatic carbocycles. The van der Waals surface area contributed by atoms with E-state index >= 15 is 0 Å². The summed E-state index contributed by atoms with van der Waals surface area (Å²) < 4.78 is 0. The van der Waals surface area contributed by atoms with Crippen LogP contribution in [0.2, 0.25) is 10.0 Å². The van der Waals surface area contributed by atoms with Gasteiger partial charge in [-0.25, -0.2) is 0 Å². The summed E-state index contributed by atoms with van der Waals surface area (Å²) in [7, 11) is 0. The Balaban J connectivity index is 1.51. The van der Waals surface area contributed by atoms with Crippen LogP contribution in [0, 0.1) is 0 Å². The highest BCUT2D eigenvalue weighted by Gasteiger charge is 2.45. The summed E-state index contributed by atoms with van der Waals surface area (Å²) in [5.41, 5.74) is 8.53. The highest BCUT2D eigenvalue weighted by Crippen LogP contribution is 2.31. The number of carbonyl (C=O) groups excluding carboxylic acids is 3. The molecule has 0 spiro atoms. The number of nitrogens with zero attached hydrogens (tertiary/aromatic N) is 2. The second-order valence-corrected chi connectivity index (χ2v) is 11.5. The van der Waals surface area contributed by atoms with Gasteiger partial charge in [-0.15, -0.1) is 0 Å². The number of aryl methyl sites for hydroxylation is 2. The van der Waals surface area contributed by atoms with Gasteiger partial charge in [0.2, 0.25) is 5.91 Å². The van der Waals surface area contributed by atoms with Crippen LogP contribution in [0.1, 0.15) is 56.6 Å². The third-order valence-corrected chi connectivity index (χ3v) is 8.62. The van der Waals surface area contributed by atoms with Gasteiger partial charge in [0.15, 0.2) is 5.78 Å². The van der Waals surface area contributed by atoms with Crippen LogP contribution >= 0.6 is 23.2 Å². The molecular weight excluding hydrogens is 521 g/mol. The molecule has 2 aliphatic heterocycles. The van der Waals surface area contributed by atoms with Gasteiger partial charge in [-0.1, -0.05) is 59.6 Å². The van der Waals surface area contributed by atoms with Gasteiger partial charge in [0, 0.05) is 38.0 Å². The molecule has 8 heteroatoms. The highest BCUT2D eigenvalue weighted by molar-refractivity contribution is 6.42. The maximum Gasteiger partial charge on any atom is 0.240 e. The maximum atomic E-state index is 13.9. The molecule has 0 saturated carbocycles. The molecule has 2 heterocycles. The zero-order valence-electron chi connectivity index (χ0n) is 22.0. The average molecular weight is 559 g/mol. The van der Waals surface area contributed by atoms with Crippen molar-refractivity contribution in [1.82, 2.24) is 9.80 Å². The van der Waals surface area contributed by atoms with Crippen LogP contribution in [-0.2, 0) is 27.2 Å². The molecule has 2 saturated heterocycles. The minimum atomic E-state index is -0.624. The summed E-state index contributed by atoms with van der Waals surface area (Å²) in [6.07, 6.45) is 4.58. The van der Waals surface area contributed by atoms with E-state index in [4.69, 9.17) is 28.9 Å². The summed E-state index contributed by atoms with van der Waals surface area (Å²) >= 11 is 12.2. The van der Waals surface area contributed by atoms with E-state index in [9.17, 15) is 14.4 Å². The summed E-state index contributed by atoms with van der Waals surface area (Å²) in [5, 5.41) is 0.920. The predicted octanol–water partition coefficient (Wildman–Crippen LogP) is 4.87. The molecule has 0 aromatic heterocycles. The van der Waals surface area contributed by atoms with Gasteiger partial charge in [-0.3, -0.25) is 14.5 Å². The molecule has 2 aliphatic rings. The predicted molar refractivity (Wildman–Crippen MR) is 151 cm³/mol. The first-order chi connectivity index (χ1) is 18.2. The summed E-state index contributed by atoms with van der Waals surface area (Å²) in [6, 6.07) is 14.9. The molecule has 38 heavy (non-hydrogen) atoms. The first kappa shape index (κ1) is 28.8. The molecule has 2 N–H and O–H groups in total. The zero-order valence-corrected chi connectivity index (χ0v) is 23.5. The van der Waals surface area contributed by atoms with Gasteiger partial charge in [-0.05, 0) is 68.7 Å². The summed E-state index contributed by atoms with van der Waals surface area (Å²) in [4.78, 5) is 43.4. The van der Waals surface area contributed by atoms with Crippen molar-refractivity contribution in [3.8, 4) is 0 Å². The third kappa shape index (κ3) is 7.23. The van der Waals surface area contributed by atoms with Crippen LogP contribution in [0.5, 0.6) is 0 Å². The van der Waals surface area contributed by atoms with E-state index < -0.39 is 6.04 Å². The largest absolute Gasteiger partial charge is 0.331 e. The number of hydrogen-bond donors (Lipinski definition) is 1. The molecule has 6 nitrogen and oxygen atoms in total. The fraction of sp³-hybridized carbons (Fsp3) is 0.500. The van der Waals surface area contributed by atoms with Crippen molar-refractivity contribution in [1.29, 1.82) is 0 Å². The minimum Gasteiger partial charge on any atom is -0.331 e. The zero-order chi connectivity index (χ0) is 27.2. The Morgan fingerprint density at radius 3 is 2.50 bits per heavy atom. The highest BCUT2D eigenvalue weighted by atomic mass is 35.5. The van der Waals surface area contributed by atoms with E-state index in [1.165, 1.54) is 12.5 Å². The fourth-order valence-electron chi connectivity index (χ4n) is 5.85. The fourth-order valence-corrected chi connectivity index (χ4v) is 6.17. The lowest BCUT2D eigenvalue weighted by Crippen LogP contribution is -2.50. The number of benzene rings is 2. The maximum absolute atomic E-state index is 13.9. The number of hydrogen-bond acceptors (Lipinski definition) is 5. The number of fused-ring (bicyclic) bond motifs is 1. The van der Waals surface area contributed by atoms with E-state index in [-0.39, 0.29) is 48.4 Å². The summed E-state index contributed by atoms with van der Waals surface area (Å²) in [6.45, 7) is 2.72. The molecule has 1 amide bonds. The third-order valence-electron chi connectivity index (χ3n) is 7.88. The van der Waals surface area contributed by atoms with Gasteiger partial charge < -0.3 is 15.4 Å². The first-order valence-electron chi connectivity index (χ1n) is 13.5. The molecule has 4 atom stereocenters. The molecule has 204 valence electrons. The lowest BCUT2D eigenvalue weighted by molar-refractivity contribution is -0.142. The molecule has 0 unspecified atom stereocenters. The van der Waals surface area contributed by atoms with Crippen molar-refractivity contribution < 1.29 is 14.4 Å². The molecule has 0 bridgehead atoms. The van der Waals surface area contributed by atoms with Gasteiger partial charge in [0.1, 0.15) is 5.78 Å². The van der Waals surface area contributed by atoms with Crippen LogP contribution in [-0.4, -0.2) is 64.5 Å². The number of nitrogens with two attached hydrogens (primary N) is 1. The van der Waals surface area contributed by atoms with Crippen molar-refractivity contribution in [3.63, 3.8) is 0 Å². The van der Waals surface area contributed by atoms with Crippen LogP contribution in [0.15, 0.2) is 48.5 Å². The number of rotatable bonds is 11. The lowest BCUT2D eigenvalue weighted by Gasteiger charge is -2.32. The number of ketones is 2. The molecular formula is C30H37Cl2N3O3. The van der Waals surface area contributed by atoms with E-state index in [1.54, 1.807) is 17.0 Å². The minimum absolute atomic E-state index is 0.0137. The van der Waals surface area contributed by atoms with Gasteiger partial charge in [0.25, 0.3) is 0 Å². The van der Waals surface area contributed by atoms with E-state index in [0.29, 0.717) is 42.4 Å². The van der Waals surface area contributed by atoms with E-state index in [1.807, 2.05) is 24.3 Å². The Morgan fingerprint density at radius 1 is 1.03 bits per heavy atom. The quantitative estimate of drug-likeness (QED) is 0.426. The smallest absolute Gasteiger partial charge is 0.240 e. The van der Waals surface area contributed by atoms with Crippen LogP contribution in [0.3, 0.4) is 0 Å². The Bertz CT molecular complexity index is 1140. The van der Waals surface area contributed by atoms with Crippen molar-refractivity contribution in [3.05, 3.63) is 69.7 Å². The van der Waals surface area contributed by atoms with Gasteiger partial charge >= 0.3 is 0 Å². The topological polar surface area (TPSA) is 83.7 Å². The monoisotopic (exact) mass is 557 g/mol. The number of amides is 1. The second kappa shape index (κ2) is 13.2. The second-order valence-electron chi connectivity index (χ2n) is 10.7. The van der Waals surface area contributed by atoms with Crippen LogP contribution in [0.25, 0.3) is 0 Å². The summed E-state index contributed by atoms with van der Waals surface area (Å²) in [5.74, 6) is -0.0429. The van der Waals surface area contributed by atoms with Crippen molar-refractivity contribution in [2.75, 3.05) is 13.1 Å². The molecule has 0 radical (unpaired) electrons. The Hall–Kier alpha value is -2.25. The molecule has 2 aromatic carbocycles. The molecule has 2 aromatic rings. The lowest BCUT2D eigenvalue weighted by atomic mass is 9.96. The van der Waals surface area contributed by atoms with Crippen molar-refractivity contribution in [2.45, 2.75) is 82.5 Å². The first-order valence-corrected chi connectivity index (χ1v) is 14.3. The number of halogens is 2. The number of carbonyl (C=O) groups is 3. The van der Waals surface area contributed by atoms with E-state index in [0.717, 1.165) is 24.8 Å². The van der Waals surface area contributed by atoms with E-state index in [2.05, 4.69) is 17.0 Å². The van der Waals surface area contributed by atoms with Gasteiger partial charge in [-0.2, -0.15) is 0 Å². The molecule has 4 rings (SSSR count). The van der Waals surface area contributed by atoms with Gasteiger partial charge in [0.05, 0.1) is 22.1 Å². The Kier molecular flexibility index (Phi) is 9.99. The Morgan fingerprint density at radius 2 is 1.79 bits per heavy atom. The molecule has 2 fully saturated rings. The van der Waals surface area contributed by atoms with Crippen molar-refractivity contribution >= 4 is 40.7 Å². The average Bonchev–Trinajstić information content (AvgIpc) is 3.24. The number of Topliss-reactive ketones (excluding diaryl/α,β-unsaturated/α-hetero) is 2.